The zero-order valence-electron chi connectivity index (χ0n) is 10.9. The van der Waals surface area contributed by atoms with Crippen molar-refractivity contribution in [2.24, 2.45) is 0 Å². The number of amides is 1. The maximum absolute atomic E-state index is 11.3. The van der Waals surface area contributed by atoms with E-state index in [0.717, 1.165) is 25.2 Å². The van der Waals surface area contributed by atoms with Crippen LogP contribution < -0.4 is 5.32 Å². The van der Waals surface area contributed by atoms with E-state index in [0.29, 0.717) is 13.0 Å². The molecule has 1 heterocycles. The van der Waals surface area contributed by atoms with Crippen LogP contribution in [0.15, 0.2) is 24.3 Å². The summed E-state index contributed by atoms with van der Waals surface area (Å²) in [5, 5.41) is 11.6. The van der Waals surface area contributed by atoms with Crippen molar-refractivity contribution in [1.82, 2.24) is 10.2 Å². The molecule has 1 aromatic rings. The van der Waals surface area contributed by atoms with E-state index in [1.807, 2.05) is 18.2 Å². The minimum atomic E-state index is -0.121. The van der Waals surface area contributed by atoms with Crippen LogP contribution in [0.25, 0.3) is 0 Å². The van der Waals surface area contributed by atoms with Crippen molar-refractivity contribution in [3.05, 3.63) is 35.4 Å². The average molecular weight is 258 g/mol. The van der Waals surface area contributed by atoms with E-state index >= 15 is 0 Å². The van der Waals surface area contributed by atoms with Crippen molar-refractivity contribution in [3.8, 4) is 11.8 Å². The number of aliphatic hydroxyl groups is 1. The SMILES string of the molecule is O=C1CCN(Cc2cccc(C#CCO)c2)CCN1. The Hall–Kier alpha value is -1.83. The van der Waals surface area contributed by atoms with Gasteiger partial charge in [0.2, 0.25) is 5.91 Å². The fraction of sp³-hybridized carbons (Fsp3) is 0.400. The number of carbonyl (C=O) groups excluding carboxylic acids is 1. The van der Waals surface area contributed by atoms with Gasteiger partial charge in [0.15, 0.2) is 0 Å². The molecule has 1 saturated heterocycles. The Morgan fingerprint density at radius 2 is 2.26 bits per heavy atom. The third kappa shape index (κ3) is 4.40. The first-order valence-corrected chi connectivity index (χ1v) is 6.45. The number of nitrogens with zero attached hydrogens (tertiary/aromatic N) is 1. The molecule has 0 radical (unpaired) electrons. The molecular weight excluding hydrogens is 240 g/mol. The van der Waals surface area contributed by atoms with Crippen LogP contribution in [0.3, 0.4) is 0 Å². The highest BCUT2D eigenvalue weighted by Gasteiger charge is 2.13. The molecule has 1 aliphatic heterocycles. The highest BCUT2D eigenvalue weighted by atomic mass is 16.2. The Morgan fingerprint density at radius 3 is 3.11 bits per heavy atom. The number of hydrogen-bond donors (Lipinski definition) is 2. The summed E-state index contributed by atoms with van der Waals surface area (Å²) in [5.74, 6) is 5.68. The van der Waals surface area contributed by atoms with Crippen LogP contribution in [0.2, 0.25) is 0 Å². The Balaban J connectivity index is 2.00. The molecule has 0 bridgehead atoms. The Morgan fingerprint density at radius 1 is 1.37 bits per heavy atom. The Labute approximate surface area is 113 Å². The minimum Gasteiger partial charge on any atom is -0.384 e. The van der Waals surface area contributed by atoms with Crippen molar-refractivity contribution in [2.75, 3.05) is 26.2 Å². The molecule has 100 valence electrons. The summed E-state index contributed by atoms with van der Waals surface area (Å²) in [5.41, 5.74) is 2.09. The number of hydrogen-bond acceptors (Lipinski definition) is 3. The van der Waals surface area contributed by atoms with Gasteiger partial charge in [-0.1, -0.05) is 24.0 Å². The highest BCUT2D eigenvalue weighted by Crippen LogP contribution is 2.09. The van der Waals surface area contributed by atoms with E-state index in [-0.39, 0.29) is 12.5 Å². The molecular formula is C15H18N2O2. The predicted octanol–water partition coefficient (Wildman–Crippen LogP) is 0.352. The monoisotopic (exact) mass is 258 g/mol. The maximum atomic E-state index is 11.3. The second-order valence-corrected chi connectivity index (χ2v) is 4.54. The van der Waals surface area contributed by atoms with Crippen molar-refractivity contribution >= 4 is 5.91 Å². The zero-order chi connectivity index (χ0) is 13.5. The van der Waals surface area contributed by atoms with E-state index in [1.165, 1.54) is 5.56 Å². The molecule has 0 spiro atoms. The molecule has 0 aliphatic carbocycles. The van der Waals surface area contributed by atoms with Gasteiger partial charge in [0.05, 0.1) is 0 Å². The first-order valence-electron chi connectivity index (χ1n) is 6.45. The van der Waals surface area contributed by atoms with Gasteiger partial charge >= 0.3 is 0 Å². The van der Waals surface area contributed by atoms with Gasteiger partial charge in [0, 0.05) is 38.2 Å². The van der Waals surface area contributed by atoms with E-state index in [2.05, 4.69) is 28.1 Å². The second-order valence-electron chi connectivity index (χ2n) is 4.54. The van der Waals surface area contributed by atoms with Crippen molar-refractivity contribution in [2.45, 2.75) is 13.0 Å². The van der Waals surface area contributed by atoms with Crippen molar-refractivity contribution in [3.63, 3.8) is 0 Å². The van der Waals surface area contributed by atoms with Crippen LogP contribution in [0, 0.1) is 11.8 Å². The molecule has 4 heteroatoms. The smallest absolute Gasteiger partial charge is 0.221 e. The van der Waals surface area contributed by atoms with Gasteiger partial charge in [-0.3, -0.25) is 9.69 Å². The lowest BCUT2D eigenvalue weighted by molar-refractivity contribution is -0.120. The molecule has 0 unspecified atom stereocenters. The first-order chi connectivity index (χ1) is 9.28. The Bertz CT molecular complexity index is 502. The molecule has 1 fully saturated rings. The lowest BCUT2D eigenvalue weighted by Gasteiger charge is -2.18. The minimum absolute atomic E-state index is 0.121. The number of rotatable bonds is 2. The largest absolute Gasteiger partial charge is 0.384 e. The second kappa shape index (κ2) is 6.93. The van der Waals surface area contributed by atoms with Crippen molar-refractivity contribution < 1.29 is 9.90 Å². The molecule has 19 heavy (non-hydrogen) atoms. The van der Waals surface area contributed by atoms with Crippen LogP contribution in [-0.2, 0) is 11.3 Å². The summed E-state index contributed by atoms with van der Waals surface area (Å²) in [6.45, 7) is 3.08. The third-order valence-corrected chi connectivity index (χ3v) is 3.05. The summed E-state index contributed by atoms with van der Waals surface area (Å²) in [6, 6.07) is 7.99. The number of carbonyl (C=O) groups is 1. The number of benzene rings is 1. The molecule has 1 aromatic carbocycles. The van der Waals surface area contributed by atoms with Gasteiger partial charge in [0.25, 0.3) is 0 Å². The van der Waals surface area contributed by atoms with Crippen LogP contribution in [0.5, 0.6) is 0 Å². The van der Waals surface area contributed by atoms with E-state index in [9.17, 15) is 4.79 Å². The Kier molecular flexibility index (Phi) is 4.96. The fourth-order valence-corrected chi connectivity index (χ4v) is 2.12. The molecule has 0 saturated carbocycles. The molecule has 4 nitrogen and oxygen atoms in total. The predicted molar refractivity (Wildman–Crippen MR) is 73.3 cm³/mol. The molecule has 1 aliphatic rings. The standard InChI is InChI=1S/C15H18N2O2/c18-10-2-5-13-3-1-4-14(11-13)12-17-8-6-15(19)16-7-9-17/h1,3-4,11,18H,6-10,12H2,(H,16,19). The van der Waals surface area contributed by atoms with Gasteiger partial charge in [0.1, 0.15) is 6.61 Å². The zero-order valence-corrected chi connectivity index (χ0v) is 10.9. The molecule has 0 aromatic heterocycles. The van der Waals surface area contributed by atoms with Gasteiger partial charge in [-0.2, -0.15) is 0 Å². The number of aliphatic hydroxyl groups excluding tert-OH is 1. The highest BCUT2D eigenvalue weighted by molar-refractivity contribution is 5.76. The summed E-state index contributed by atoms with van der Waals surface area (Å²) >= 11 is 0. The normalized spacial score (nSPS) is 16.2. The summed E-state index contributed by atoms with van der Waals surface area (Å²) in [7, 11) is 0. The molecule has 1 amide bonds. The maximum Gasteiger partial charge on any atom is 0.221 e. The van der Waals surface area contributed by atoms with E-state index in [1.54, 1.807) is 0 Å². The lowest BCUT2D eigenvalue weighted by Crippen LogP contribution is -2.28. The first kappa shape index (κ1) is 13.6. The topological polar surface area (TPSA) is 52.6 Å². The third-order valence-electron chi connectivity index (χ3n) is 3.05. The van der Waals surface area contributed by atoms with Crippen LogP contribution in [0.4, 0.5) is 0 Å². The van der Waals surface area contributed by atoms with Crippen LogP contribution in [0.1, 0.15) is 17.5 Å². The van der Waals surface area contributed by atoms with Gasteiger partial charge in [-0.15, -0.1) is 0 Å². The summed E-state index contributed by atoms with van der Waals surface area (Å²) in [6.07, 6.45) is 0.560. The van der Waals surface area contributed by atoms with Crippen LogP contribution >= 0.6 is 0 Å². The summed E-state index contributed by atoms with van der Waals surface area (Å²) < 4.78 is 0. The van der Waals surface area contributed by atoms with Gasteiger partial charge in [-0.05, 0) is 17.7 Å². The molecule has 0 atom stereocenters. The average Bonchev–Trinajstić information content (AvgIpc) is 2.62. The van der Waals surface area contributed by atoms with Crippen molar-refractivity contribution in [1.29, 1.82) is 0 Å². The van der Waals surface area contributed by atoms with Gasteiger partial charge < -0.3 is 10.4 Å². The fourth-order valence-electron chi connectivity index (χ4n) is 2.12. The lowest BCUT2D eigenvalue weighted by atomic mass is 10.1. The van der Waals surface area contributed by atoms with E-state index < -0.39 is 0 Å². The molecule has 2 rings (SSSR count). The van der Waals surface area contributed by atoms with Crippen LogP contribution in [-0.4, -0.2) is 42.2 Å². The van der Waals surface area contributed by atoms with Gasteiger partial charge in [-0.25, -0.2) is 0 Å². The number of nitrogens with one attached hydrogen (secondary N) is 1. The summed E-state index contributed by atoms with van der Waals surface area (Å²) in [4.78, 5) is 13.5. The molecule has 2 N–H and O–H groups in total. The van der Waals surface area contributed by atoms with E-state index in [4.69, 9.17) is 5.11 Å². The quantitative estimate of drug-likeness (QED) is 0.753.